The van der Waals surface area contributed by atoms with Gasteiger partial charge in [-0.3, -0.25) is 4.79 Å². The van der Waals surface area contributed by atoms with Gasteiger partial charge in [-0.05, 0) is 31.9 Å². The van der Waals surface area contributed by atoms with E-state index < -0.39 is 11.4 Å². The predicted octanol–water partition coefficient (Wildman–Crippen LogP) is 2.97. The first-order chi connectivity index (χ1) is 8.53. The lowest BCUT2D eigenvalue weighted by molar-refractivity contribution is -0.148. The first-order valence-electron chi connectivity index (χ1n) is 6.02. The van der Waals surface area contributed by atoms with Crippen molar-refractivity contribution in [1.29, 1.82) is 0 Å². The van der Waals surface area contributed by atoms with Gasteiger partial charge in [0.25, 0.3) is 0 Å². The Labute approximate surface area is 108 Å². The van der Waals surface area contributed by atoms with Crippen LogP contribution in [0.3, 0.4) is 0 Å². The van der Waals surface area contributed by atoms with Gasteiger partial charge in [0.15, 0.2) is 11.5 Å². The van der Waals surface area contributed by atoms with E-state index in [2.05, 4.69) is 0 Å². The third kappa shape index (κ3) is 3.39. The summed E-state index contributed by atoms with van der Waals surface area (Å²) in [5, 5.41) is 9.15. The number of aliphatic carboxylic acids is 1. The van der Waals surface area contributed by atoms with Gasteiger partial charge in [-0.15, -0.1) is 0 Å². The second kappa shape index (κ2) is 6.28. The Balaban J connectivity index is 2.58. The van der Waals surface area contributed by atoms with Gasteiger partial charge in [0, 0.05) is 0 Å². The average molecular weight is 252 g/mol. The van der Waals surface area contributed by atoms with Crippen molar-refractivity contribution < 1.29 is 19.4 Å². The maximum absolute atomic E-state index is 11.1. The molecular weight excluding hydrogens is 232 g/mol. The molecule has 1 N–H and O–H groups in total. The molecule has 0 aliphatic rings. The smallest absolute Gasteiger partial charge is 0.309 e. The average Bonchev–Trinajstić information content (AvgIpc) is 2.38. The number of hydrogen-bond donors (Lipinski definition) is 1. The highest BCUT2D eigenvalue weighted by molar-refractivity contribution is 5.73. The molecule has 1 atom stereocenters. The number of carbonyl (C=O) groups is 1. The number of carboxylic acid groups (broad SMARTS) is 1. The second-order valence-electron chi connectivity index (χ2n) is 4.47. The Morgan fingerprint density at radius 2 is 1.94 bits per heavy atom. The van der Waals surface area contributed by atoms with E-state index in [9.17, 15) is 4.79 Å². The number of hydrogen-bond acceptors (Lipinski definition) is 3. The summed E-state index contributed by atoms with van der Waals surface area (Å²) in [6, 6.07) is 7.33. The lowest BCUT2D eigenvalue weighted by Crippen LogP contribution is -2.28. The summed E-state index contributed by atoms with van der Waals surface area (Å²) in [5.41, 5.74) is -0.734. The van der Waals surface area contributed by atoms with Gasteiger partial charge in [-0.25, -0.2) is 0 Å². The van der Waals surface area contributed by atoms with Gasteiger partial charge in [-0.2, -0.15) is 0 Å². The molecule has 0 amide bonds. The Hall–Kier alpha value is -1.71. The third-order valence-electron chi connectivity index (χ3n) is 3.28. The molecular formula is C14H20O4. The van der Waals surface area contributed by atoms with E-state index in [-0.39, 0.29) is 0 Å². The zero-order valence-corrected chi connectivity index (χ0v) is 11.1. The van der Waals surface area contributed by atoms with Crippen LogP contribution in [0.25, 0.3) is 0 Å². The monoisotopic (exact) mass is 252 g/mol. The first kappa shape index (κ1) is 14.4. The molecule has 1 aromatic rings. The number of benzene rings is 1. The van der Waals surface area contributed by atoms with E-state index >= 15 is 0 Å². The van der Waals surface area contributed by atoms with E-state index in [1.807, 2.05) is 31.2 Å². The van der Waals surface area contributed by atoms with Crippen LogP contribution < -0.4 is 9.47 Å². The van der Waals surface area contributed by atoms with Crippen molar-refractivity contribution in [3.8, 4) is 11.5 Å². The normalized spacial score (nSPS) is 13.7. The Morgan fingerprint density at radius 3 is 2.44 bits per heavy atom. The number of carboxylic acids is 1. The molecule has 4 heteroatoms. The molecule has 0 saturated carbocycles. The summed E-state index contributed by atoms with van der Waals surface area (Å²) in [6.45, 7) is 3.97. The van der Waals surface area contributed by atoms with Gasteiger partial charge in [0.2, 0.25) is 0 Å². The fourth-order valence-electron chi connectivity index (χ4n) is 1.56. The lowest BCUT2D eigenvalue weighted by atomic mass is 9.84. The van der Waals surface area contributed by atoms with Crippen LogP contribution >= 0.6 is 0 Å². The van der Waals surface area contributed by atoms with Crippen molar-refractivity contribution in [3.05, 3.63) is 24.3 Å². The highest BCUT2D eigenvalue weighted by atomic mass is 16.5. The van der Waals surface area contributed by atoms with Crippen LogP contribution in [0, 0.1) is 5.41 Å². The summed E-state index contributed by atoms with van der Waals surface area (Å²) >= 11 is 0. The maximum atomic E-state index is 11.1. The van der Waals surface area contributed by atoms with E-state index in [4.69, 9.17) is 14.6 Å². The molecule has 0 radical (unpaired) electrons. The van der Waals surface area contributed by atoms with Crippen LogP contribution in [0.5, 0.6) is 11.5 Å². The Kier molecular flexibility index (Phi) is 5.01. The van der Waals surface area contributed by atoms with Gasteiger partial charge >= 0.3 is 5.97 Å². The minimum atomic E-state index is -0.784. The van der Waals surface area contributed by atoms with Crippen LogP contribution in [0.1, 0.15) is 26.7 Å². The molecule has 0 spiro atoms. The number of ether oxygens (including phenoxy) is 2. The number of methoxy groups -OCH3 is 1. The SMILES string of the molecule is CCC(C)(CCOc1ccccc1OC)C(=O)O. The fraction of sp³-hybridized carbons (Fsp3) is 0.500. The molecule has 0 aliphatic heterocycles. The highest BCUT2D eigenvalue weighted by Gasteiger charge is 2.30. The summed E-state index contributed by atoms with van der Waals surface area (Å²) in [5.74, 6) is 0.517. The van der Waals surface area contributed by atoms with Crippen molar-refractivity contribution in [1.82, 2.24) is 0 Å². The molecule has 1 unspecified atom stereocenters. The topological polar surface area (TPSA) is 55.8 Å². The van der Waals surface area contributed by atoms with Gasteiger partial charge in [-0.1, -0.05) is 19.1 Å². The molecule has 4 nitrogen and oxygen atoms in total. The van der Waals surface area contributed by atoms with E-state index in [0.29, 0.717) is 30.9 Å². The van der Waals surface area contributed by atoms with Crippen LogP contribution in [0.2, 0.25) is 0 Å². The lowest BCUT2D eigenvalue weighted by Gasteiger charge is -2.23. The van der Waals surface area contributed by atoms with Crippen LogP contribution in [0.15, 0.2) is 24.3 Å². The van der Waals surface area contributed by atoms with Crippen molar-refractivity contribution >= 4 is 5.97 Å². The van der Waals surface area contributed by atoms with Crippen molar-refractivity contribution in [2.75, 3.05) is 13.7 Å². The minimum absolute atomic E-state index is 0.358. The Morgan fingerprint density at radius 1 is 1.33 bits per heavy atom. The molecule has 0 heterocycles. The Bertz CT molecular complexity index is 403. The van der Waals surface area contributed by atoms with Crippen LogP contribution in [0.4, 0.5) is 0 Å². The maximum Gasteiger partial charge on any atom is 0.309 e. The zero-order chi connectivity index (χ0) is 13.6. The largest absolute Gasteiger partial charge is 0.493 e. The molecule has 0 saturated heterocycles. The fourth-order valence-corrected chi connectivity index (χ4v) is 1.56. The summed E-state index contributed by atoms with van der Waals surface area (Å²) in [7, 11) is 1.58. The van der Waals surface area contributed by atoms with Gasteiger partial charge in [0.1, 0.15) is 0 Å². The molecule has 0 bridgehead atoms. The molecule has 0 fully saturated rings. The number of rotatable bonds is 7. The van der Waals surface area contributed by atoms with Crippen molar-refractivity contribution in [2.45, 2.75) is 26.7 Å². The van der Waals surface area contributed by atoms with E-state index in [1.165, 1.54) is 0 Å². The van der Waals surface area contributed by atoms with E-state index in [0.717, 1.165) is 0 Å². The molecule has 0 aliphatic carbocycles. The van der Waals surface area contributed by atoms with Crippen LogP contribution in [-0.2, 0) is 4.79 Å². The molecule has 100 valence electrons. The van der Waals surface area contributed by atoms with Crippen molar-refractivity contribution in [3.63, 3.8) is 0 Å². The zero-order valence-electron chi connectivity index (χ0n) is 11.1. The highest BCUT2D eigenvalue weighted by Crippen LogP contribution is 2.29. The summed E-state index contributed by atoms with van der Waals surface area (Å²) in [4.78, 5) is 11.1. The van der Waals surface area contributed by atoms with Gasteiger partial charge in [0.05, 0.1) is 19.1 Å². The minimum Gasteiger partial charge on any atom is -0.493 e. The summed E-state index contributed by atoms with van der Waals surface area (Å²) < 4.78 is 10.7. The molecule has 1 rings (SSSR count). The quantitative estimate of drug-likeness (QED) is 0.810. The first-order valence-corrected chi connectivity index (χ1v) is 6.02. The van der Waals surface area contributed by atoms with E-state index in [1.54, 1.807) is 14.0 Å². The number of para-hydroxylation sites is 2. The molecule has 0 aromatic heterocycles. The van der Waals surface area contributed by atoms with Crippen molar-refractivity contribution in [2.24, 2.45) is 5.41 Å². The second-order valence-corrected chi connectivity index (χ2v) is 4.47. The van der Waals surface area contributed by atoms with Gasteiger partial charge < -0.3 is 14.6 Å². The standard InChI is InChI=1S/C14H20O4/c1-4-14(2,13(15)16)9-10-18-12-8-6-5-7-11(12)17-3/h5-8H,4,9-10H2,1-3H3,(H,15,16). The van der Waals surface area contributed by atoms with Crippen LogP contribution in [-0.4, -0.2) is 24.8 Å². The molecule has 18 heavy (non-hydrogen) atoms. The third-order valence-corrected chi connectivity index (χ3v) is 3.28. The molecule has 1 aromatic carbocycles. The predicted molar refractivity (Wildman–Crippen MR) is 69.1 cm³/mol. The summed E-state index contributed by atoms with van der Waals surface area (Å²) in [6.07, 6.45) is 1.05.